The van der Waals surface area contributed by atoms with Gasteiger partial charge in [-0.3, -0.25) is 4.98 Å². The first-order valence-electron chi connectivity index (χ1n) is 5.98. The van der Waals surface area contributed by atoms with Gasteiger partial charge in [0.05, 0.1) is 9.99 Å². The summed E-state index contributed by atoms with van der Waals surface area (Å²) in [6, 6.07) is 9.69. The quantitative estimate of drug-likeness (QED) is 0.595. The van der Waals surface area contributed by atoms with Gasteiger partial charge in [0.25, 0.3) is 0 Å². The lowest BCUT2D eigenvalue weighted by Crippen LogP contribution is -1.91. The highest BCUT2D eigenvalue weighted by Gasteiger charge is 2.08. The third-order valence-electron chi connectivity index (χ3n) is 2.81. The lowest BCUT2D eigenvalue weighted by Gasteiger charge is -2.10. The van der Waals surface area contributed by atoms with Gasteiger partial charge in [0, 0.05) is 22.9 Å². The Morgan fingerprint density at radius 3 is 2.65 bits per heavy atom. The van der Waals surface area contributed by atoms with Crippen LogP contribution in [-0.4, -0.2) is 9.97 Å². The van der Waals surface area contributed by atoms with Crippen LogP contribution in [-0.2, 0) is 0 Å². The maximum atomic E-state index is 5.95. The minimum atomic E-state index is 0.687. The lowest BCUT2D eigenvalue weighted by atomic mass is 10.2. The fraction of sp³-hybridized carbons (Fsp3) is 0.0667. The van der Waals surface area contributed by atoms with Gasteiger partial charge >= 0.3 is 0 Å². The zero-order valence-corrected chi connectivity index (χ0v) is 13.8. The molecule has 3 aromatic rings. The average molecular weight is 394 g/mol. The lowest BCUT2D eigenvalue weighted by molar-refractivity contribution is 0.483. The Bertz CT molecular complexity index is 790. The number of ether oxygens (including phenoxy) is 1. The van der Waals surface area contributed by atoms with Crippen LogP contribution in [0.1, 0.15) is 5.56 Å². The number of nitrogens with zero attached hydrogens (tertiary/aromatic N) is 2. The molecule has 20 heavy (non-hydrogen) atoms. The summed E-state index contributed by atoms with van der Waals surface area (Å²) in [6.45, 7) is 2.04. The number of aryl methyl sites for hydroxylation is 1. The predicted molar refractivity (Wildman–Crippen MR) is 86.2 cm³/mol. The van der Waals surface area contributed by atoms with Crippen LogP contribution in [0.2, 0.25) is 0 Å². The number of halogens is 2. The van der Waals surface area contributed by atoms with E-state index < -0.39 is 0 Å². The molecule has 0 fully saturated rings. The molecule has 3 rings (SSSR count). The van der Waals surface area contributed by atoms with Crippen LogP contribution in [0.3, 0.4) is 0 Å². The smallest absolute Gasteiger partial charge is 0.156 e. The van der Waals surface area contributed by atoms with Crippen LogP contribution in [0.4, 0.5) is 0 Å². The summed E-state index contributed by atoms with van der Waals surface area (Å²) in [5.74, 6) is 1.44. The van der Waals surface area contributed by atoms with Crippen molar-refractivity contribution in [1.29, 1.82) is 0 Å². The van der Waals surface area contributed by atoms with Gasteiger partial charge in [-0.25, -0.2) is 4.98 Å². The highest BCUT2D eigenvalue weighted by Crippen LogP contribution is 2.33. The molecule has 0 aliphatic rings. The molecule has 2 aromatic heterocycles. The van der Waals surface area contributed by atoms with Crippen molar-refractivity contribution in [3.8, 4) is 11.5 Å². The first-order chi connectivity index (χ1) is 9.63. The largest absolute Gasteiger partial charge is 0.454 e. The van der Waals surface area contributed by atoms with Gasteiger partial charge < -0.3 is 4.74 Å². The van der Waals surface area contributed by atoms with Gasteiger partial charge in [-0.2, -0.15) is 0 Å². The van der Waals surface area contributed by atoms with E-state index in [-0.39, 0.29) is 0 Å². The molecule has 0 bridgehead atoms. The molecule has 0 spiro atoms. The minimum Gasteiger partial charge on any atom is -0.454 e. The Morgan fingerprint density at radius 2 is 1.85 bits per heavy atom. The molecule has 0 saturated carbocycles. The van der Waals surface area contributed by atoms with Crippen molar-refractivity contribution in [3.63, 3.8) is 0 Å². The number of aromatic nitrogens is 2. The second-order valence-electron chi connectivity index (χ2n) is 4.37. The van der Waals surface area contributed by atoms with E-state index in [1.54, 1.807) is 12.4 Å². The molecular formula is C15H10Br2N2O. The second-order valence-corrected chi connectivity index (χ2v) is 6.14. The first-order valence-corrected chi connectivity index (χ1v) is 7.56. The van der Waals surface area contributed by atoms with Crippen molar-refractivity contribution in [1.82, 2.24) is 9.97 Å². The average Bonchev–Trinajstić information content (AvgIpc) is 2.41. The van der Waals surface area contributed by atoms with Crippen LogP contribution in [0.15, 0.2) is 51.7 Å². The molecule has 5 heteroatoms. The molecule has 3 nitrogen and oxygen atoms in total. The van der Waals surface area contributed by atoms with E-state index in [9.17, 15) is 0 Å². The van der Waals surface area contributed by atoms with Crippen molar-refractivity contribution in [3.05, 3.63) is 57.2 Å². The second kappa shape index (κ2) is 5.50. The van der Waals surface area contributed by atoms with Crippen LogP contribution < -0.4 is 4.74 Å². The molecular weight excluding hydrogens is 384 g/mol. The molecule has 0 amide bonds. The normalized spacial score (nSPS) is 10.8. The van der Waals surface area contributed by atoms with Crippen molar-refractivity contribution in [2.45, 2.75) is 6.92 Å². The minimum absolute atomic E-state index is 0.687. The Labute approximate surface area is 133 Å². The Balaban J connectivity index is 2.06. The third-order valence-corrected chi connectivity index (χ3v) is 3.87. The zero-order chi connectivity index (χ0) is 14.1. The highest BCUT2D eigenvalue weighted by molar-refractivity contribution is 9.10. The maximum Gasteiger partial charge on any atom is 0.156 e. The van der Waals surface area contributed by atoms with E-state index in [1.165, 1.54) is 5.56 Å². The molecule has 0 saturated heterocycles. The van der Waals surface area contributed by atoms with E-state index in [2.05, 4.69) is 41.8 Å². The Morgan fingerprint density at radius 1 is 1.00 bits per heavy atom. The SMILES string of the molecule is Cc1ccc(Oc2ccnc3cc(Br)cnc23)c(Br)c1. The third kappa shape index (κ3) is 2.69. The summed E-state index contributed by atoms with van der Waals surface area (Å²) in [6.07, 6.45) is 3.45. The standard InChI is InChI=1S/C15H10Br2N2O/c1-9-2-3-13(11(17)6-9)20-14-4-5-18-12-7-10(16)8-19-15(12)14/h2-8H,1H3. The Hall–Kier alpha value is -1.46. The summed E-state index contributed by atoms with van der Waals surface area (Å²) in [5, 5.41) is 0. The van der Waals surface area contributed by atoms with Gasteiger partial charge in [0.15, 0.2) is 5.75 Å². The van der Waals surface area contributed by atoms with Crippen LogP contribution in [0.25, 0.3) is 11.0 Å². The monoisotopic (exact) mass is 392 g/mol. The number of pyridine rings is 2. The molecule has 0 aliphatic heterocycles. The summed E-state index contributed by atoms with van der Waals surface area (Å²) in [4.78, 5) is 8.67. The predicted octanol–water partition coefficient (Wildman–Crippen LogP) is 5.26. The molecule has 0 aliphatic carbocycles. The molecule has 2 heterocycles. The fourth-order valence-electron chi connectivity index (χ4n) is 1.87. The van der Waals surface area contributed by atoms with Crippen LogP contribution in [0.5, 0.6) is 11.5 Å². The van der Waals surface area contributed by atoms with Crippen LogP contribution in [0, 0.1) is 6.92 Å². The molecule has 0 radical (unpaired) electrons. The number of hydrogen-bond donors (Lipinski definition) is 0. The van der Waals surface area contributed by atoms with Crippen molar-refractivity contribution < 1.29 is 4.74 Å². The Kier molecular flexibility index (Phi) is 3.72. The number of benzene rings is 1. The van der Waals surface area contributed by atoms with Gasteiger partial charge in [-0.15, -0.1) is 0 Å². The number of rotatable bonds is 2. The van der Waals surface area contributed by atoms with Gasteiger partial charge in [-0.1, -0.05) is 6.07 Å². The summed E-state index contributed by atoms with van der Waals surface area (Å²) in [7, 11) is 0. The van der Waals surface area contributed by atoms with E-state index in [4.69, 9.17) is 4.74 Å². The molecule has 0 N–H and O–H groups in total. The molecule has 1 aromatic carbocycles. The number of hydrogen-bond acceptors (Lipinski definition) is 3. The van der Waals surface area contributed by atoms with E-state index in [0.717, 1.165) is 25.7 Å². The number of fused-ring (bicyclic) bond motifs is 1. The molecule has 100 valence electrons. The van der Waals surface area contributed by atoms with E-state index in [1.807, 2.05) is 37.3 Å². The van der Waals surface area contributed by atoms with Gasteiger partial charge in [0.2, 0.25) is 0 Å². The van der Waals surface area contributed by atoms with E-state index in [0.29, 0.717) is 5.75 Å². The van der Waals surface area contributed by atoms with Gasteiger partial charge in [0.1, 0.15) is 11.3 Å². The van der Waals surface area contributed by atoms with Crippen molar-refractivity contribution in [2.75, 3.05) is 0 Å². The summed E-state index contributed by atoms with van der Waals surface area (Å²) >= 11 is 6.90. The highest BCUT2D eigenvalue weighted by atomic mass is 79.9. The maximum absolute atomic E-state index is 5.95. The van der Waals surface area contributed by atoms with Gasteiger partial charge in [-0.05, 0) is 62.5 Å². The molecule has 0 atom stereocenters. The zero-order valence-electron chi connectivity index (χ0n) is 10.6. The van der Waals surface area contributed by atoms with Crippen molar-refractivity contribution in [2.24, 2.45) is 0 Å². The molecule has 0 unspecified atom stereocenters. The fourth-order valence-corrected chi connectivity index (χ4v) is 2.76. The van der Waals surface area contributed by atoms with Crippen LogP contribution >= 0.6 is 31.9 Å². The first kappa shape index (κ1) is 13.5. The topological polar surface area (TPSA) is 35.0 Å². The van der Waals surface area contributed by atoms with Crippen molar-refractivity contribution >= 4 is 42.9 Å². The summed E-state index contributed by atoms with van der Waals surface area (Å²) in [5.41, 5.74) is 2.70. The van der Waals surface area contributed by atoms with E-state index >= 15 is 0 Å². The summed E-state index contributed by atoms with van der Waals surface area (Å²) < 4.78 is 7.76.